The molecule has 0 atom stereocenters. The summed E-state index contributed by atoms with van der Waals surface area (Å²) in [6.45, 7) is 0. The highest BCUT2D eigenvalue weighted by molar-refractivity contribution is 6.25. The Balaban J connectivity index is 1.56. The van der Waals surface area contributed by atoms with E-state index >= 15 is 0 Å². The van der Waals surface area contributed by atoms with Crippen molar-refractivity contribution < 1.29 is 0 Å². The van der Waals surface area contributed by atoms with E-state index in [1.165, 1.54) is 37.9 Å². The first-order valence-electron chi connectivity index (χ1n) is 10.2. The van der Waals surface area contributed by atoms with Crippen LogP contribution in [0.4, 0.5) is 0 Å². The van der Waals surface area contributed by atoms with Crippen LogP contribution in [0.2, 0.25) is 0 Å². The highest BCUT2D eigenvalue weighted by atomic mass is 14.7. The van der Waals surface area contributed by atoms with Crippen LogP contribution in [0.15, 0.2) is 97.3 Å². The van der Waals surface area contributed by atoms with E-state index in [0.717, 1.165) is 27.4 Å². The number of pyridine rings is 2. The van der Waals surface area contributed by atoms with Gasteiger partial charge < -0.3 is 0 Å². The molecule has 0 N–H and O–H groups in total. The van der Waals surface area contributed by atoms with Crippen molar-refractivity contribution in [2.75, 3.05) is 0 Å². The second-order valence-electron chi connectivity index (χ2n) is 7.91. The van der Waals surface area contributed by atoms with Crippen molar-refractivity contribution in [2.24, 2.45) is 0 Å². The normalized spacial score (nSPS) is 12.0. The zero-order valence-corrected chi connectivity index (χ0v) is 16.1. The van der Waals surface area contributed by atoms with Crippen LogP contribution < -0.4 is 0 Å². The first kappa shape index (κ1) is 15.8. The summed E-state index contributed by atoms with van der Waals surface area (Å²) in [6, 6.07) is 30.5. The lowest BCUT2D eigenvalue weighted by Crippen LogP contribution is -1.89. The summed E-state index contributed by atoms with van der Waals surface area (Å²) in [5.41, 5.74) is 4.26. The van der Waals surface area contributed by atoms with E-state index in [9.17, 15) is 0 Å². The van der Waals surface area contributed by atoms with E-state index in [1.54, 1.807) is 0 Å². The topological polar surface area (TPSA) is 25.8 Å². The summed E-state index contributed by atoms with van der Waals surface area (Å²) >= 11 is 0. The van der Waals surface area contributed by atoms with Crippen molar-refractivity contribution >= 4 is 54.1 Å². The van der Waals surface area contributed by atoms with E-state index in [2.05, 4.69) is 83.8 Å². The van der Waals surface area contributed by atoms with Crippen LogP contribution in [-0.2, 0) is 0 Å². The fraction of sp³-hybridized carbons (Fsp3) is 0. The number of benzene rings is 5. The van der Waals surface area contributed by atoms with Crippen molar-refractivity contribution in [1.29, 1.82) is 0 Å². The first-order valence-corrected chi connectivity index (χ1v) is 10.2. The third-order valence-corrected chi connectivity index (χ3v) is 6.26. The summed E-state index contributed by atoms with van der Waals surface area (Å²) in [4.78, 5) is 9.39. The van der Waals surface area contributed by atoms with Gasteiger partial charge in [-0.3, -0.25) is 9.97 Å². The molecule has 0 saturated carbocycles. The highest BCUT2D eigenvalue weighted by Gasteiger charge is 2.13. The quantitative estimate of drug-likeness (QED) is 0.278. The van der Waals surface area contributed by atoms with Crippen molar-refractivity contribution in [1.82, 2.24) is 9.97 Å². The van der Waals surface area contributed by atoms with Crippen LogP contribution in [0.25, 0.3) is 65.3 Å². The number of fused-ring (bicyclic) bond motifs is 3. The van der Waals surface area contributed by atoms with E-state index in [1.807, 2.05) is 18.5 Å². The lowest BCUT2D eigenvalue weighted by molar-refractivity contribution is 1.37. The number of rotatable bonds is 1. The monoisotopic (exact) mass is 380 g/mol. The van der Waals surface area contributed by atoms with E-state index < -0.39 is 0 Å². The third kappa shape index (κ3) is 2.08. The molecule has 7 aromatic rings. The van der Waals surface area contributed by atoms with Crippen LogP contribution >= 0.6 is 0 Å². The lowest BCUT2D eigenvalue weighted by Gasteiger charge is -2.14. The molecule has 0 aliphatic rings. The molecular weight excluding hydrogens is 364 g/mol. The van der Waals surface area contributed by atoms with Gasteiger partial charge in [0, 0.05) is 28.7 Å². The van der Waals surface area contributed by atoms with Gasteiger partial charge in [0.25, 0.3) is 0 Å². The molecule has 0 radical (unpaired) electrons. The molecule has 2 aromatic heterocycles. The molecule has 2 heterocycles. The van der Waals surface area contributed by atoms with E-state index in [-0.39, 0.29) is 0 Å². The molecule has 30 heavy (non-hydrogen) atoms. The standard InChI is InChI=1S/C28H16N2/c1-3-17-6-7-19-10-12-23(24-13-11-18(4-1)25(17)26(19)24)22-15-21-9-8-20-5-2-14-29-27(20)28(21)30-16-22/h1-16H. The first-order chi connectivity index (χ1) is 14.9. The van der Waals surface area contributed by atoms with Gasteiger partial charge in [0.15, 0.2) is 0 Å². The van der Waals surface area contributed by atoms with E-state index in [4.69, 9.17) is 4.98 Å². The highest BCUT2D eigenvalue weighted by Crippen LogP contribution is 2.39. The van der Waals surface area contributed by atoms with Gasteiger partial charge in [-0.1, -0.05) is 72.8 Å². The molecule has 0 spiro atoms. The van der Waals surface area contributed by atoms with Gasteiger partial charge in [0.2, 0.25) is 0 Å². The second-order valence-corrected chi connectivity index (χ2v) is 7.91. The van der Waals surface area contributed by atoms with Gasteiger partial charge in [0.1, 0.15) is 0 Å². The Morgan fingerprint density at radius 2 is 1.17 bits per heavy atom. The Morgan fingerprint density at radius 3 is 2.07 bits per heavy atom. The molecule has 0 fully saturated rings. The van der Waals surface area contributed by atoms with Crippen molar-refractivity contribution in [3.8, 4) is 11.1 Å². The number of hydrogen-bond donors (Lipinski definition) is 0. The average molecular weight is 380 g/mol. The van der Waals surface area contributed by atoms with Gasteiger partial charge in [-0.25, -0.2) is 0 Å². The average Bonchev–Trinajstić information content (AvgIpc) is 2.82. The van der Waals surface area contributed by atoms with Gasteiger partial charge in [-0.05, 0) is 50.0 Å². The lowest BCUT2D eigenvalue weighted by atomic mass is 9.90. The Bertz CT molecular complexity index is 1730. The Labute approximate surface area is 172 Å². The van der Waals surface area contributed by atoms with Crippen LogP contribution in [-0.4, -0.2) is 9.97 Å². The summed E-state index contributed by atoms with van der Waals surface area (Å²) in [7, 11) is 0. The third-order valence-electron chi connectivity index (χ3n) is 6.26. The van der Waals surface area contributed by atoms with Crippen LogP contribution in [0.1, 0.15) is 0 Å². The number of aromatic nitrogens is 2. The minimum atomic E-state index is 0.953. The number of nitrogens with zero attached hydrogens (tertiary/aromatic N) is 2. The molecule has 0 unspecified atom stereocenters. The largest absolute Gasteiger partial charge is 0.254 e. The van der Waals surface area contributed by atoms with E-state index in [0.29, 0.717) is 0 Å². The molecule has 138 valence electrons. The molecule has 0 bridgehead atoms. The van der Waals surface area contributed by atoms with Crippen molar-refractivity contribution in [3.63, 3.8) is 0 Å². The predicted molar refractivity (Wildman–Crippen MR) is 126 cm³/mol. The minimum Gasteiger partial charge on any atom is -0.254 e. The minimum absolute atomic E-state index is 0.953. The zero-order valence-electron chi connectivity index (χ0n) is 16.1. The van der Waals surface area contributed by atoms with Gasteiger partial charge in [-0.2, -0.15) is 0 Å². The summed E-state index contributed by atoms with van der Waals surface area (Å²) in [5, 5.41) is 10.0. The Morgan fingerprint density at radius 1 is 0.500 bits per heavy atom. The fourth-order valence-corrected chi connectivity index (χ4v) is 4.87. The maximum atomic E-state index is 4.83. The fourth-order valence-electron chi connectivity index (χ4n) is 4.87. The maximum Gasteiger partial charge on any atom is 0.0964 e. The molecular formula is C28H16N2. The second kappa shape index (κ2) is 5.74. The molecule has 2 nitrogen and oxygen atoms in total. The molecule has 0 aliphatic heterocycles. The predicted octanol–water partition coefficient (Wildman–Crippen LogP) is 7.35. The molecule has 7 rings (SSSR count). The molecule has 0 aliphatic carbocycles. The maximum absolute atomic E-state index is 4.83. The number of hydrogen-bond acceptors (Lipinski definition) is 2. The van der Waals surface area contributed by atoms with Crippen LogP contribution in [0.5, 0.6) is 0 Å². The molecule has 0 amide bonds. The zero-order chi connectivity index (χ0) is 19.7. The Kier molecular flexibility index (Phi) is 3.03. The van der Waals surface area contributed by atoms with Crippen molar-refractivity contribution in [3.05, 3.63) is 97.3 Å². The van der Waals surface area contributed by atoms with Crippen LogP contribution in [0.3, 0.4) is 0 Å². The van der Waals surface area contributed by atoms with Crippen molar-refractivity contribution in [2.45, 2.75) is 0 Å². The smallest absolute Gasteiger partial charge is 0.0964 e. The SMILES string of the molecule is c1cnc2c(c1)ccc1cc(-c3ccc4ccc5cccc6ccc3c4c56)cnc12. The molecule has 2 heteroatoms. The Hall–Kier alpha value is -4.04. The van der Waals surface area contributed by atoms with Crippen LogP contribution in [0, 0.1) is 0 Å². The van der Waals surface area contributed by atoms with Gasteiger partial charge >= 0.3 is 0 Å². The summed E-state index contributed by atoms with van der Waals surface area (Å²) in [6.07, 6.45) is 3.82. The van der Waals surface area contributed by atoms with Gasteiger partial charge in [0.05, 0.1) is 11.0 Å². The molecule has 5 aromatic carbocycles. The van der Waals surface area contributed by atoms with Gasteiger partial charge in [-0.15, -0.1) is 0 Å². The molecule has 0 saturated heterocycles. The summed E-state index contributed by atoms with van der Waals surface area (Å²) < 4.78 is 0. The summed E-state index contributed by atoms with van der Waals surface area (Å²) in [5.74, 6) is 0.